The lowest BCUT2D eigenvalue weighted by molar-refractivity contribution is -0.146. The molecule has 0 unspecified atom stereocenters. The minimum absolute atomic E-state index is 0.00208. The molecule has 41 heavy (non-hydrogen) atoms. The van der Waals surface area contributed by atoms with Crippen molar-refractivity contribution in [2.75, 3.05) is 20.3 Å². The number of benzene rings is 1. The van der Waals surface area contributed by atoms with Crippen LogP contribution in [-0.2, 0) is 14.0 Å². The van der Waals surface area contributed by atoms with E-state index in [0.29, 0.717) is 17.4 Å². The second-order valence-corrected chi connectivity index (χ2v) is 19.7. The maximum Gasteiger partial charge on any atom is 0.226 e. The SMILES string of the molecule is CCOC[C@@]1(O[Si](C)(C)C)CC[C@H]2[C@H](CC[C@@H]3[C@@H]2CC[C@]2(C)[C@@H](C(=O)N(C)[C@H](C)c4ccc(C#N)cc4)CC[C@@H]32)C1. The molecule has 0 heterocycles. The van der Waals surface area contributed by atoms with Crippen LogP contribution in [0.5, 0.6) is 0 Å². The summed E-state index contributed by atoms with van der Waals surface area (Å²) >= 11 is 0. The van der Waals surface area contributed by atoms with Gasteiger partial charge < -0.3 is 14.1 Å². The van der Waals surface area contributed by atoms with Gasteiger partial charge in [0.25, 0.3) is 0 Å². The summed E-state index contributed by atoms with van der Waals surface area (Å²) < 4.78 is 13.0. The van der Waals surface area contributed by atoms with E-state index >= 15 is 0 Å². The first kappa shape index (κ1) is 30.8. The van der Waals surface area contributed by atoms with Crippen molar-refractivity contribution in [1.29, 1.82) is 5.26 Å². The minimum atomic E-state index is -1.68. The molecule has 9 atom stereocenters. The molecule has 4 fully saturated rings. The molecule has 1 aromatic rings. The lowest BCUT2D eigenvalue weighted by Gasteiger charge is -2.58. The fourth-order valence-corrected chi connectivity index (χ4v) is 11.6. The average Bonchev–Trinajstić information content (AvgIpc) is 3.31. The number of hydrogen-bond donors (Lipinski definition) is 0. The number of nitrogens with zero attached hydrogens (tertiary/aromatic N) is 2. The number of amides is 1. The third kappa shape index (κ3) is 5.93. The van der Waals surface area contributed by atoms with Gasteiger partial charge in [-0.15, -0.1) is 0 Å². The van der Waals surface area contributed by atoms with Crippen LogP contribution in [0.3, 0.4) is 0 Å². The Bertz CT molecular complexity index is 1130. The van der Waals surface area contributed by atoms with E-state index < -0.39 is 8.32 Å². The lowest BCUT2D eigenvalue weighted by atomic mass is 9.49. The summed E-state index contributed by atoms with van der Waals surface area (Å²) in [5, 5.41) is 9.16. The molecule has 1 amide bonds. The number of fused-ring (bicyclic) bond motifs is 5. The number of carbonyl (C=O) groups excluding carboxylic acids is 1. The van der Waals surface area contributed by atoms with Crippen molar-refractivity contribution >= 4 is 14.2 Å². The van der Waals surface area contributed by atoms with E-state index in [1.165, 1.54) is 44.9 Å². The van der Waals surface area contributed by atoms with Crippen molar-refractivity contribution in [3.63, 3.8) is 0 Å². The molecule has 5 rings (SSSR count). The van der Waals surface area contributed by atoms with Crippen molar-refractivity contribution < 1.29 is 14.0 Å². The Balaban J connectivity index is 1.27. The van der Waals surface area contributed by atoms with Crippen LogP contribution in [-0.4, -0.2) is 45.0 Å². The van der Waals surface area contributed by atoms with Crippen molar-refractivity contribution in [2.45, 2.75) is 110 Å². The van der Waals surface area contributed by atoms with Gasteiger partial charge in [0.05, 0.1) is 29.9 Å². The van der Waals surface area contributed by atoms with Crippen LogP contribution in [0.1, 0.15) is 95.7 Å². The van der Waals surface area contributed by atoms with E-state index in [9.17, 15) is 4.79 Å². The summed E-state index contributed by atoms with van der Waals surface area (Å²) in [5.74, 6) is 4.26. The second kappa shape index (κ2) is 11.8. The number of rotatable bonds is 8. The van der Waals surface area contributed by atoms with E-state index in [1.54, 1.807) is 0 Å². The zero-order valence-electron chi connectivity index (χ0n) is 26.7. The molecule has 0 N–H and O–H groups in total. The van der Waals surface area contributed by atoms with Crippen LogP contribution in [0.2, 0.25) is 19.6 Å². The van der Waals surface area contributed by atoms with Gasteiger partial charge in [0, 0.05) is 19.6 Å². The molecule has 5 nitrogen and oxygen atoms in total. The van der Waals surface area contributed by atoms with Crippen molar-refractivity contribution in [2.24, 2.45) is 40.9 Å². The fourth-order valence-electron chi connectivity index (χ4n) is 10.0. The van der Waals surface area contributed by atoms with E-state index in [-0.39, 0.29) is 23.0 Å². The Morgan fingerprint density at radius 3 is 2.41 bits per heavy atom. The van der Waals surface area contributed by atoms with Crippen molar-refractivity contribution in [1.82, 2.24) is 4.90 Å². The highest BCUT2D eigenvalue weighted by Crippen LogP contribution is 2.65. The molecule has 0 spiro atoms. The first-order valence-electron chi connectivity index (χ1n) is 16.5. The summed E-state index contributed by atoms with van der Waals surface area (Å²) in [6.07, 6.45) is 10.9. The van der Waals surface area contributed by atoms with Crippen LogP contribution >= 0.6 is 0 Å². The smallest absolute Gasteiger partial charge is 0.226 e. The standard InChI is InChI=1S/C35H54N2O3Si/c1-8-39-23-35(40-41(5,6)7)20-18-28-27(21-35)13-14-30-29(28)17-19-34(3)31(30)15-16-32(34)33(38)37(4)24(2)26-11-9-25(22-36)10-12-26/h9-12,24,27-32H,8,13-21,23H2,1-7H3/t24-,27-,28+,29-,30-,31+,32-,34+,35-/m1/s1. The summed E-state index contributed by atoms with van der Waals surface area (Å²) in [5.41, 5.74) is 1.78. The highest BCUT2D eigenvalue weighted by molar-refractivity contribution is 6.69. The van der Waals surface area contributed by atoms with Crippen LogP contribution in [0.4, 0.5) is 0 Å². The van der Waals surface area contributed by atoms with E-state index in [4.69, 9.17) is 14.4 Å². The van der Waals surface area contributed by atoms with Gasteiger partial charge >= 0.3 is 0 Å². The third-order valence-corrected chi connectivity index (χ3v) is 13.0. The summed E-state index contributed by atoms with van der Waals surface area (Å²) in [4.78, 5) is 16.0. The van der Waals surface area contributed by atoms with E-state index in [2.05, 4.69) is 46.5 Å². The highest BCUT2D eigenvalue weighted by Gasteiger charge is 2.60. The fraction of sp³-hybridized carbons (Fsp3) is 0.771. The van der Waals surface area contributed by atoms with Gasteiger partial charge in [-0.05, 0) is 144 Å². The van der Waals surface area contributed by atoms with Crippen molar-refractivity contribution in [3.05, 3.63) is 35.4 Å². The Morgan fingerprint density at radius 2 is 1.76 bits per heavy atom. The van der Waals surface area contributed by atoms with Gasteiger partial charge in [-0.2, -0.15) is 5.26 Å². The van der Waals surface area contributed by atoms with E-state index in [0.717, 1.165) is 55.3 Å². The van der Waals surface area contributed by atoms with Gasteiger partial charge in [0.1, 0.15) is 0 Å². The molecular weight excluding hydrogens is 524 g/mol. The molecule has 4 aliphatic carbocycles. The monoisotopic (exact) mass is 578 g/mol. The molecule has 1 aromatic carbocycles. The number of nitriles is 1. The molecule has 226 valence electrons. The van der Waals surface area contributed by atoms with Gasteiger partial charge in [-0.3, -0.25) is 4.79 Å². The zero-order valence-corrected chi connectivity index (χ0v) is 27.7. The van der Waals surface area contributed by atoms with Crippen LogP contribution in [0.25, 0.3) is 0 Å². The predicted octanol–water partition coefficient (Wildman–Crippen LogP) is 7.97. The first-order valence-corrected chi connectivity index (χ1v) is 19.9. The molecule has 0 aromatic heterocycles. The second-order valence-electron chi connectivity index (χ2n) is 15.2. The lowest BCUT2D eigenvalue weighted by Crippen LogP contribution is -2.55. The van der Waals surface area contributed by atoms with Gasteiger partial charge in [0.15, 0.2) is 8.32 Å². The summed E-state index contributed by atoms with van der Waals surface area (Å²) in [7, 11) is 0.307. The first-order chi connectivity index (χ1) is 19.4. The quantitative estimate of drug-likeness (QED) is 0.294. The predicted molar refractivity (Wildman–Crippen MR) is 167 cm³/mol. The number of ether oxygens (including phenoxy) is 1. The summed E-state index contributed by atoms with van der Waals surface area (Å²) in [6.45, 7) is 15.2. The summed E-state index contributed by atoms with van der Waals surface area (Å²) in [6, 6.07) is 9.91. The van der Waals surface area contributed by atoms with Crippen LogP contribution < -0.4 is 0 Å². The number of hydrogen-bond acceptors (Lipinski definition) is 4. The molecule has 0 saturated heterocycles. The Labute approximate surface area is 250 Å². The Morgan fingerprint density at radius 1 is 1.05 bits per heavy atom. The van der Waals surface area contributed by atoms with Crippen LogP contribution in [0, 0.1) is 52.3 Å². The topological polar surface area (TPSA) is 62.6 Å². The molecule has 0 radical (unpaired) electrons. The third-order valence-electron chi connectivity index (χ3n) is 11.9. The maximum absolute atomic E-state index is 14.1. The minimum Gasteiger partial charge on any atom is -0.410 e. The van der Waals surface area contributed by atoms with Gasteiger partial charge in [-0.25, -0.2) is 0 Å². The zero-order chi connectivity index (χ0) is 29.6. The van der Waals surface area contributed by atoms with Crippen molar-refractivity contribution in [3.8, 4) is 6.07 Å². The largest absolute Gasteiger partial charge is 0.410 e. The maximum atomic E-state index is 14.1. The van der Waals surface area contributed by atoms with Gasteiger partial charge in [-0.1, -0.05) is 19.1 Å². The average molecular weight is 579 g/mol. The van der Waals surface area contributed by atoms with Gasteiger partial charge in [0.2, 0.25) is 5.91 Å². The molecule has 4 aliphatic rings. The molecule has 0 bridgehead atoms. The van der Waals surface area contributed by atoms with E-state index in [1.807, 2.05) is 36.2 Å². The molecule has 6 heteroatoms. The van der Waals surface area contributed by atoms with Crippen LogP contribution in [0.15, 0.2) is 24.3 Å². The Hall–Kier alpha value is -1.68. The number of carbonyl (C=O) groups is 1. The highest BCUT2D eigenvalue weighted by atomic mass is 28.4. The normalized spacial score (nSPS) is 37.3. The molecular formula is C35H54N2O3Si. The molecule has 0 aliphatic heterocycles. The Kier molecular flexibility index (Phi) is 8.84. The molecule has 4 saturated carbocycles.